The average Bonchev–Trinajstić information content (AvgIpc) is 3.14. The Balaban J connectivity index is 1.77. The van der Waals surface area contributed by atoms with Crippen LogP contribution in [0.5, 0.6) is 0 Å². The minimum Gasteiger partial charge on any atom is -0.454 e. The summed E-state index contributed by atoms with van der Waals surface area (Å²) in [7, 11) is 0. The molecule has 0 atom stereocenters. The summed E-state index contributed by atoms with van der Waals surface area (Å²) in [5.41, 5.74) is 4.18. The summed E-state index contributed by atoms with van der Waals surface area (Å²) in [6.45, 7) is 2.09. The first-order valence-electron chi connectivity index (χ1n) is 6.81. The van der Waals surface area contributed by atoms with E-state index in [2.05, 4.69) is 37.3 Å². The summed E-state index contributed by atoms with van der Waals surface area (Å²) in [5, 5.41) is 4.19. The molecule has 0 amide bonds. The van der Waals surface area contributed by atoms with Crippen LogP contribution < -0.4 is 0 Å². The van der Waals surface area contributed by atoms with E-state index >= 15 is 0 Å². The molecule has 21 heavy (non-hydrogen) atoms. The Morgan fingerprint density at radius 1 is 1.00 bits per heavy atom. The van der Waals surface area contributed by atoms with E-state index in [0.717, 1.165) is 33.0 Å². The van der Waals surface area contributed by atoms with Crippen LogP contribution in [0.2, 0.25) is 0 Å². The number of aromatic nitrogens is 1. The van der Waals surface area contributed by atoms with Crippen LogP contribution in [0.1, 0.15) is 5.56 Å². The molecule has 0 aliphatic rings. The molecular formula is C18H13NOS. The molecule has 0 spiro atoms. The summed E-state index contributed by atoms with van der Waals surface area (Å²) < 4.78 is 5.90. The fourth-order valence-electron chi connectivity index (χ4n) is 2.39. The molecule has 0 unspecified atom stereocenters. The Labute approximate surface area is 126 Å². The number of benzene rings is 2. The van der Waals surface area contributed by atoms with Gasteiger partial charge < -0.3 is 4.42 Å². The Morgan fingerprint density at radius 2 is 1.86 bits per heavy atom. The molecule has 0 aliphatic heterocycles. The van der Waals surface area contributed by atoms with Gasteiger partial charge >= 0.3 is 0 Å². The normalized spacial score (nSPS) is 11.1. The highest BCUT2D eigenvalue weighted by Gasteiger charge is 2.11. The second-order valence-electron chi connectivity index (χ2n) is 5.06. The van der Waals surface area contributed by atoms with E-state index in [0.29, 0.717) is 0 Å². The lowest BCUT2D eigenvalue weighted by Crippen LogP contribution is -1.76. The molecule has 2 heterocycles. The average molecular weight is 291 g/mol. The van der Waals surface area contributed by atoms with Crippen molar-refractivity contribution < 1.29 is 4.42 Å². The molecule has 0 bridgehead atoms. The van der Waals surface area contributed by atoms with Crippen molar-refractivity contribution in [3.63, 3.8) is 0 Å². The van der Waals surface area contributed by atoms with Gasteiger partial charge in [0.1, 0.15) is 16.3 Å². The highest BCUT2D eigenvalue weighted by atomic mass is 32.1. The topological polar surface area (TPSA) is 26.0 Å². The van der Waals surface area contributed by atoms with Gasteiger partial charge in [0.15, 0.2) is 5.76 Å². The molecule has 4 aromatic rings. The first-order valence-corrected chi connectivity index (χ1v) is 7.69. The van der Waals surface area contributed by atoms with Crippen LogP contribution in [0.3, 0.4) is 0 Å². The first-order chi connectivity index (χ1) is 10.3. The van der Waals surface area contributed by atoms with Gasteiger partial charge in [-0.3, -0.25) is 0 Å². The van der Waals surface area contributed by atoms with Gasteiger partial charge in [0, 0.05) is 16.3 Å². The van der Waals surface area contributed by atoms with Crippen molar-refractivity contribution in [1.29, 1.82) is 0 Å². The Bertz CT molecular complexity index is 905. The van der Waals surface area contributed by atoms with Gasteiger partial charge in [0.05, 0.1) is 0 Å². The van der Waals surface area contributed by atoms with Crippen LogP contribution >= 0.6 is 11.3 Å². The van der Waals surface area contributed by atoms with Crippen LogP contribution in [-0.2, 0) is 0 Å². The zero-order valence-electron chi connectivity index (χ0n) is 11.5. The maximum atomic E-state index is 5.90. The van der Waals surface area contributed by atoms with Gasteiger partial charge in [-0.25, -0.2) is 4.98 Å². The molecule has 0 saturated heterocycles. The van der Waals surface area contributed by atoms with Crippen LogP contribution in [0, 0.1) is 6.92 Å². The SMILES string of the molecule is Cc1ccc2oc(-c3csc(-c4ccccc4)n3)cc2c1. The summed E-state index contributed by atoms with van der Waals surface area (Å²) in [6.07, 6.45) is 0. The Kier molecular flexibility index (Phi) is 2.86. The summed E-state index contributed by atoms with van der Waals surface area (Å²) >= 11 is 1.64. The van der Waals surface area contributed by atoms with E-state index < -0.39 is 0 Å². The van der Waals surface area contributed by atoms with E-state index in [4.69, 9.17) is 9.40 Å². The number of hydrogen-bond donors (Lipinski definition) is 0. The molecule has 3 heteroatoms. The fourth-order valence-corrected chi connectivity index (χ4v) is 3.20. The Hall–Kier alpha value is -2.39. The maximum Gasteiger partial charge on any atom is 0.154 e. The molecule has 0 saturated carbocycles. The van der Waals surface area contributed by atoms with Crippen LogP contribution in [0.25, 0.3) is 33.0 Å². The smallest absolute Gasteiger partial charge is 0.154 e. The Morgan fingerprint density at radius 3 is 2.71 bits per heavy atom. The lowest BCUT2D eigenvalue weighted by Gasteiger charge is -1.93. The largest absolute Gasteiger partial charge is 0.454 e. The van der Waals surface area contributed by atoms with Gasteiger partial charge in [-0.15, -0.1) is 11.3 Å². The highest BCUT2D eigenvalue weighted by molar-refractivity contribution is 7.13. The van der Waals surface area contributed by atoms with Crippen molar-refractivity contribution in [1.82, 2.24) is 4.98 Å². The third-order valence-electron chi connectivity index (χ3n) is 3.45. The molecule has 2 nitrogen and oxygen atoms in total. The van der Waals surface area contributed by atoms with Gasteiger partial charge in [-0.2, -0.15) is 0 Å². The van der Waals surface area contributed by atoms with Crippen molar-refractivity contribution in [2.45, 2.75) is 6.92 Å². The molecule has 2 aromatic heterocycles. The van der Waals surface area contributed by atoms with E-state index in [1.165, 1.54) is 5.56 Å². The number of aryl methyl sites for hydroxylation is 1. The van der Waals surface area contributed by atoms with Gasteiger partial charge in [-0.1, -0.05) is 42.0 Å². The van der Waals surface area contributed by atoms with Gasteiger partial charge in [-0.05, 0) is 25.1 Å². The standard InChI is InChI=1S/C18H13NOS/c1-12-7-8-16-14(9-12)10-17(20-16)15-11-21-18(19-15)13-5-3-2-4-6-13/h2-11H,1H3. The third-order valence-corrected chi connectivity index (χ3v) is 4.34. The van der Waals surface area contributed by atoms with E-state index in [1.54, 1.807) is 11.3 Å². The number of fused-ring (bicyclic) bond motifs is 1. The van der Waals surface area contributed by atoms with Crippen molar-refractivity contribution >= 4 is 22.3 Å². The predicted octanol–water partition coefficient (Wildman–Crippen LogP) is 5.53. The molecule has 0 aliphatic carbocycles. The van der Waals surface area contributed by atoms with Crippen LogP contribution in [0.4, 0.5) is 0 Å². The molecule has 0 fully saturated rings. The van der Waals surface area contributed by atoms with Crippen LogP contribution in [-0.4, -0.2) is 4.98 Å². The molecule has 2 aromatic carbocycles. The van der Waals surface area contributed by atoms with Gasteiger partial charge in [0.25, 0.3) is 0 Å². The van der Waals surface area contributed by atoms with E-state index in [-0.39, 0.29) is 0 Å². The van der Waals surface area contributed by atoms with Crippen molar-refractivity contribution in [2.75, 3.05) is 0 Å². The fraction of sp³-hybridized carbons (Fsp3) is 0.0556. The lowest BCUT2D eigenvalue weighted by molar-refractivity contribution is 0.629. The molecule has 4 rings (SSSR count). The van der Waals surface area contributed by atoms with Crippen molar-refractivity contribution in [3.05, 3.63) is 65.5 Å². The third kappa shape index (κ3) is 2.26. The minimum atomic E-state index is 0.828. The van der Waals surface area contributed by atoms with Gasteiger partial charge in [0.2, 0.25) is 0 Å². The molecular weight excluding hydrogens is 278 g/mol. The predicted molar refractivity (Wildman–Crippen MR) is 87.5 cm³/mol. The summed E-state index contributed by atoms with van der Waals surface area (Å²) in [6, 6.07) is 18.5. The van der Waals surface area contributed by atoms with Crippen molar-refractivity contribution in [3.8, 4) is 22.0 Å². The van der Waals surface area contributed by atoms with E-state index in [9.17, 15) is 0 Å². The molecule has 102 valence electrons. The van der Waals surface area contributed by atoms with Crippen LogP contribution in [0.15, 0.2) is 64.4 Å². The maximum absolute atomic E-state index is 5.90. The minimum absolute atomic E-state index is 0.828. The molecule has 0 N–H and O–H groups in total. The van der Waals surface area contributed by atoms with Crippen molar-refractivity contribution in [2.24, 2.45) is 0 Å². The first kappa shape index (κ1) is 12.4. The lowest BCUT2D eigenvalue weighted by atomic mass is 10.2. The number of thiazole rings is 1. The number of rotatable bonds is 2. The molecule has 0 radical (unpaired) electrons. The highest BCUT2D eigenvalue weighted by Crippen LogP contribution is 2.32. The number of hydrogen-bond acceptors (Lipinski definition) is 3. The zero-order valence-corrected chi connectivity index (χ0v) is 12.4. The quantitative estimate of drug-likeness (QED) is 0.485. The summed E-state index contributed by atoms with van der Waals surface area (Å²) in [5.74, 6) is 0.828. The monoisotopic (exact) mass is 291 g/mol. The van der Waals surface area contributed by atoms with E-state index in [1.807, 2.05) is 29.6 Å². The zero-order chi connectivity index (χ0) is 14.2. The second-order valence-corrected chi connectivity index (χ2v) is 5.91. The second kappa shape index (κ2) is 4.86. The number of nitrogens with zero attached hydrogens (tertiary/aromatic N) is 1. The summed E-state index contributed by atoms with van der Waals surface area (Å²) in [4.78, 5) is 4.69. The number of furan rings is 1.